The maximum Gasteiger partial charge on any atom is 0.0618 e. The van der Waals surface area contributed by atoms with Gasteiger partial charge in [0.2, 0.25) is 0 Å². The average Bonchev–Trinajstić information content (AvgIpc) is 2.15. The predicted octanol–water partition coefficient (Wildman–Crippen LogP) is 0.868. The monoisotopic (exact) mass is 186 g/mol. The number of ether oxygens (including phenoxy) is 1. The van der Waals surface area contributed by atoms with Gasteiger partial charge < -0.3 is 16.2 Å². The van der Waals surface area contributed by atoms with Crippen LogP contribution in [0, 0.1) is 5.92 Å². The van der Waals surface area contributed by atoms with Crippen LogP contribution >= 0.6 is 0 Å². The second-order valence-corrected chi connectivity index (χ2v) is 4.19. The third-order valence-electron chi connectivity index (χ3n) is 2.72. The summed E-state index contributed by atoms with van der Waals surface area (Å²) in [5.41, 5.74) is 11.2. The normalized spacial score (nSPS) is 31.6. The van der Waals surface area contributed by atoms with E-state index < -0.39 is 0 Å². The summed E-state index contributed by atoms with van der Waals surface area (Å²) >= 11 is 0. The van der Waals surface area contributed by atoms with Crippen LogP contribution in [0.5, 0.6) is 0 Å². The SMILES string of the molecule is C[C@H](N)COC1CCC(CN)CC1. The molecule has 1 aliphatic carbocycles. The van der Waals surface area contributed by atoms with E-state index >= 15 is 0 Å². The fraction of sp³-hybridized carbons (Fsp3) is 1.00. The summed E-state index contributed by atoms with van der Waals surface area (Å²) < 4.78 is 5.67. The predicted molar refractivity (Wildman–Crippen MR) is 54.4 cm³/mol. The van der Waals surface area contributed by atoms with Crippen LogP contribution in [-0.2, 0) is 4.74 Å². The van der Waals surface area contributed by atoms with Crippen molar-refractivity contribution in [2.45, 2.75) is 44.8 Å². The van der Waals surface area contributed by atoms with E-state index in [0.717, 1.165) is 25.3 Å². The van der Waals surface area contributed by atoms with Crippen molar-refractivity contribution < 1.29 is 4.74 Å². The largest absolute Gasteiger partial charge is 0.377 e. The average molecular weight is 186 g/mol. The molecule has 4 N–H and O–H groups in total. The highest BCUT2D eigenvalue weighted by molar-refractivity contribution is 4.73. The molecule has 1 rings (SSSR count). The fourth-order valence-corrected chi connectivity index (χ4v) is 1.82. The fourth-order valence-electron chi connectivity index (χ4n) is 1.82. The van der Waals surface area contributed by atoms with Crippen LogP contribution < -0.4 is 11.5 Å². The van der Waals surface area contributed by atoms with E-state index in [2.05, 4.69) is 0 Å². The Morgan fingerprint density at radius 2 is 1.92 bits per heavy atom. The Hall–Kier alpha value is -0.120. The van der Waals surface area contributed by atoms with Gasteiger partial charge in [-0.3, -0.25) is 0 Å². The molecule has 78 valence electrons. The quantitative estimate of drug-likeness (QED) is 0.685. The Kier molecular flexibility index (Phi) is 4.70. The number of hydrogen-bond donors (Lipinski definition) is 2. The topological polar surface area (TPSA) is 61.3 Å². The molecule has 3 heteroatoms. The highest BCUT2D eigenvalue weighted by Gasteiger charge is 2.20. The van der Waals surface area contributed by atoms with E-state index in [1.165, 1.54) is 12.8 Å². The van der Waals surface area contributed by atoms with Crippen molar-refractivity contribution in [3.05, 3.63) is 0 Å². The van der Waals surface area contributed by atoms with Gasteiger partial charge in [-0.25, -0.2) is 0 Å². The molecular weight excluding hydrogens is 164 g/mol. The molecule has 1 saturated carbocycles. The molecule has 13 heavy (non-hydrogen) atoms. The number of nitrogens with two attached hydrogens (primary N) is 2. The molecule has 0 bridgehead atoms. The van der Waals surface area contributed by atoms with Gasteiger partial charge in [0.15, 0.2) is 0 Å². The van der Waals surface area contributed by atoms with Gasteiger partial charge in [-0.2, -0.15) is 0 Å². The first kappa shape index (κ1) is 11.0. The Morgan fingerprint density at radius 3 is 2.38 bits per heavy atom. The molecule has 0 heterocycles. The molecule has 0 amide bonds. The highest BCUT2D eigenvalue weighted by atomic mass is 16.5. The van der Waals surface area contributed by atoms with Gasteiger partial charge in [-0.05, 0) is 45.1 Å². The summed E-state index contributed by atoms with van der Waals surface area (Å²) in [6.45, 7) is 3.50. The van der Waals surface area contributed by atoms with Crippen LogP contribution in [0.25, 0.3) is 0 Å². The van der Waals surface area contributed by atoms with Gasteiger partial charge in [0.05, 0.1) is 12.7 Å². The molecule has 0 aromatic heterocycles. The minimum Gasteiger partial charge on any atom is -0.377 e. The number of hydrogen-bond acceptors (Lipinski definition) is 3. The van der Waals surface area contributed by atoms with Gasteiger partial charge in [0.1, 0.15) is 0 Å². The lowest BCUT2D eigenvalue weighted by Gasteiger charge is -2.28. The zero-order valence-corrected chi connectivity index (χ0v) is 8.54. The first-order valence-corrected chi connectivity index (χ1v) is 5.29. The summed E-state index contributed by atoms with van der Waals surface area (Å²) in [5.74, 6) is 0.732. The maximum absolute atomic E-state index is 5.67. The first-order valence-electron chi connectivity index (χ1n) is 5.29. The maximum atomic E-state index is 5.67. The summed E-state index contributed by atoms with van der Waals surface area (Å²) in [6, 6.07) is 0.159. The molecule has 0 aromatic carbocycles. The van der Waals surface area contributed by atoms with Crippen LogP contribution in [0.1, 0.15) is 32.6 Å². The molecule has 0 unspecified atom stereocenters. The second kappa shape index (κ2) is 5.58. The van der Waals surface area contributed by atoms with Crippen LogP contribution in [0.15, 0.2) is 0 Å². The zero-order chi connectivity index (χ0) is 9.68. The lowest BCUT2D eigenvalue weighted by atomic mass is 9.87. The van der Waals surface area contributed by atoms with E-state index in [-0.39, 0.29) is 6.04 Å². The third kappa shape index (κ3) is 4.07. The molecule has 0 spiro atoms. The molecule has 0 saturated heterocycles. The third-order valence-corrected chi connectivity index (χ3v) is 2.72. The molecule has 1 aliphatic rings. The summed E-state index contributed by atoms with van der Waals surface area (Å²) in [6.07, 6.45) is 5.21. The van der Waals surface area contributed by atoms with Crippen LogP contribution in [-0.4, -0.2) is 25.3 Å². The van der Waals surface area contributed by atoms with Crippen LogP contribution in [0.4, 0.5) is 0 Å². The van der Waals surface area contributed by atoms with Crippen LogP contribution in [0.2, 0.25) is 0 Å². The molecule has 1 fully saturated rings. The smallest absolute Gasteiger partial charge is 0.0618 e. The van der Waals surface area contributed by atoms with Crippen LogP contribution in [0.3, 0.4) is 0 Å². The molecule has 0 radical (unpaired) electrons. The van der Waals surface area contributed by atoms with Crippen molar-refractivity contribution >= 4 is 0 Å². The molecule has 0 aliphatic heterocycles. The van der Waals surface area contributed by atoms with E-state index in [1.807, 2.05) is 6.92 Å². The lowest BCUT2D eigenvalue weighted by Crippen LogP contribution is -2.30. The van der Waals surface area contributed by atoms with E-state index in [9.17, 15) is 0 Å². The van der Waals surface area contributed by atoms with E-state index in [0.29, 0.717) is 12.7 Å². The zero-order valence-electron chi connectivity index (χ0n) is 8.54. The van der Waals surface area contributed by atoms with Crippen molar-refractivity contribution in [2.24, 2.45) is 17.4 Å². The Bertz CT molecular complexity index is 131. The van der Waals surface area contributed by atoms with Gasteiger partial charge in [0, 0.05) is 6.04 Å². The lowest BCUT2D eigenvalue weighted by molar-refractivity contribution is 0.0139. The van der Waals surface area contributed by atoms with Crippen molar-refractivity contribution in [3.63, 3.8) is 0 Å². The standard InChI is InChI=1S/C10H22N2O/c1-8(12)7-13-10-4-2-9(6-11)3-5-10/h8-10H,2-7,11-12H2,1H3/t8-,9?,10?/m0/s1. The Morgan fingerprint density at radius 1 is 1.31 bits per heavy atom. The molecule has 0 aromatic rings. The highest BCUT2D eigenvalue weighted by Crippen LogP contribution is 2.25. The Balaban J connectivity index is 2.10. The molecular formula is C10H22N2O. The van der Waals surface area contributed by atoms with Gasteiger partial charge in [0.25, 0.3) is 0 Å². The summed E-state index contributed by atoms with van der Waals surface area (Å²) in [5, 5.41) is 0. The van der Waals surface area contributed by atoms with Crippen molar-refractivity contribution in [1.82, 2.24) is 0 Å². The Labute approximate surface area is 80.8 Å². The van der Waals surface area contributed by atoms with Crippen molar-refractivity contribution in [2.75, 3.05) is 13.2 Å². The molecule has 1 atom stereocenters. The summed E-state index contributed by atoms with van der Waals surface area (Å²) in [4.78, 5) is 0. The summed E-state index contributed by atoms with van der Waals surface area (Å²) in [7, 11) is 0. The minimum atomic E-state index is 0.159. The second-order valence-electron chi connectivity index (χ2n) is 4.19. The number of rotatable bonds is 4. The van der Waals surface area contributed by atoms with Crippen molar-refractivity contribution in [3.8, 4) is 0 Å². The van der Waals surface area contributed by atoms with Gasteiger partial charge in [-0.1, -0.05) is 0 Å². The first-order chi connectivity index (χ1) is 6.22. The van der Waals surface area contributed by atoms with Gasteiger partial charge >= 0.3 is 0 Å². The van der Waals surface area contributed by atoms with E-state index in [4.69, 9.17) is 16.2 Å². The van der Waals surface area contributed by atoms with Gasteiger partial charge in [-0.15, -0.1) is 0 Å². The van der Waals surface area contributed by atoms with Crippen molar-refractivity contribution in [1.29, 1.82) is 0 Å². The van der Waals surface area contributed by atoms with E-state index in [1.54, 1.807) is 0 Å². The minimum absolute atomic E-state index is 0.159. The molecule has 3 nitrogen and oxygen atoms in total.